The summed E-state index contributed by atoms with van der Waals surface area (Å²) in [7, 11) is 0. The molecule has 0 heterocycles. The Bertz CT molecular complexity index is 929. The van der Waals surface area contributed by atoms with Crippen molar-refractivity contribution in [3.05, 3.63) is 29.3 Å². The Kier molecular flexibility index (Phi) is 13.5. The molecule has 0 saturated carbocycles. The summed E-state index contributed by atoms with van der Waals surface area (Å²) in [5.41, 5.74) is -0.228. The number of unbranched alkanes of at least 4 members (excludes halogenated alkanes) is 2. The molecule has 3 N–H and O–H groups in total. The second-order valence-electron chi connectivity index (χ2n) is 11.3. The van der Waals surface area contributed by atoms with Crippen molar-refractivity contribution in [2.24, 2.45) is 0 Å². The van der Waals surface area contributed by atoms with Crippen LogP contribution in [0.2, 0.25) is 0 Å². The van der Waals surface area contributed by atoms with Gasteiger partial charge >= 0.3 is 6.09 Å². The molecule has 0 aliphatic carbocycles. The molecule has 1 aromatic rings. The third-order valence-electron chi connectivity index (χ3n) is 6.48. The van der Waals surface area contributed by atoms with Gasteiger partial charge in [-0.05, 0) is 96.1 Å². The van der Waals surface area contributed by atoms with E-state index in [1.54, 1.807) is 62.6 Å². The number of phenolic OH excluding ortho intramolecular Hbond substituents is 1. The molecule has 0 saturated heterocycles. The number of hydrogen-bond donors (Lipinski definition) is 3. The van der Waals surface area contributed by atoms with Crippen LogP contribution in [0.5, 0.6) is 5.75 Å². The second-order valence-corrected chi connectivity index (χ2v) is 12.3. The Morgan fingerprint density at radius 2 is 1.76 bits per heavy atom. The molecule has 0 radical (unpaired) electrons. The number of phenols is 1. The van der Waals surface area contributed by atoms with Gasteiger partial charge < -0.3 is 25.4 Å². The SMILES string of the molecule is CCCCCNC(=O)C(c1ccc(O)c(C)c1)N(C(=O)C(CCSC)NC(=O)OC(C)(C)C)C(C)(C)CC. The van der Waals surface area contributed by atoms with Crippen LogP contribution in [0.4, 0.5) is 4.79 Å². The number of rotatable bonds is 14. The van der Waals surface area contributed by atoms with Crippen LogP contribution < -0.4 is 10.6 Å². The number of thioether (sulfide) groups is 1. The molecule has 2 atom stereocenters. The van der Waals surface area contributed by atoms with Gasteiger partial charge in [0, 0.05) is 12.1 Å². The number of aromatic hydroxyl groups is 1. The Labute approximate surface area is 233 Å². The fourth-order valence-electron chi connectivity index (χ4n) is 4.01. The first-order chi connectivity index (χ1) is 17.7. The number of nitrogens with one attached hydrogen (secondary N) is 2. The van der Waals surface area contributed by atoms with E-state index in [-0.39, 0.29) is 17.6 Å². The first-order valence-corrected chi connectivity index (χ1v) is 15.0. The summed E-state index contributed by atoms with van der Waals surface area (Å²) < 4.78 is 5.45. The minimum absolute atomic E-state index is 0.118. The highest BCUT2D eigenvalue weighted by atomic mass is 32.2. The topological polar surface area (TPSA) is 108 Å². The van der Waals surface area contributed by atoms with Crippen molar-refractivity contribution in [2.75, 3.05) is 18.6 Å². The van der Waals surface area contributed by atoms with Crippen molar-refractivity contribution < 1.29 is 24.2 Å². The van der Waals surface area contributed by atoms with E-state index in [1.807, 2.05) is 27.0 Å². The van der Waals surface area contributed by atoms with E-state index < -0.39 is 29.3 Å². The average Bonchev–Trinajstić information content (AvgIpc) is 2.82. The van der Waals surface area contributed by atoms with Gasteiger partial charge in [-0.15, -0.1) is 0 Å². The van der Waals surface area contributed by atoms with E-state index in [1.165, 1.54) is 0 Å². The molecule has 0 bridgehead atoms. The molecule has 8 nitrogen and oxygen atoms in total. The quantitative estimate of drug-likeness (QED) is 0.256. The molecule has 0 fully saturated rings. The van der Waals surface area contributed by atoms with Crippen molar-refractivity contribution in [3.63, 3.8) is 0 Å². The van der Waals surface area contributed by atoms with Gasteiger partial charge in [-0.3, -0.25) is 9.59 Å². The van der Waals surface area contributed by atoms with Gasteiger partial charge in [0.05, 0.1) is 0 Å². The normalized spacial score (nSPS) is 13.4. The fourth-order valence-corrected chi connectivity index (χ4v) is 4.48. The molecule has 3 amide bonds. The zero-order chi connectivity index (χ0) is 29.1. The van der Waals surface area contributed by atoms with Crippen molar-refractivity contribution in [1.82, 2.24) is 15.5 Å². The highest BCUT2D eigenvalue weighted by Gasteiger charge is 2.43. The van der Waals surface area contributed by atoms with Crippen LogP contribution in [-0.4, -0.2) is 63.6 Å². The van der Waals surface area contributed by atoms with E-state index in [9.17, 15) is 19.5 Å². The van der Waals surface area contributed by atoms with Crippen LogP contribution >= 0.6 is 11.8 Å². The predicted octanol–water partition coefficient (Wildman–Crippen LogP) is 5.71. The smallest absolute Gasteiger partial charge is 0.408 e. The number of hydrogen-bond acceptors (Lipinski definition) is 6. The van der Waals surface area contributed by atoms with Crippen molar-refractivity contribution in [1.29, 1.82) is 0 Å². The third kappa shape index (κ3) is 10.4. The zero-order valence-electron chi connectivity index (χ0n) is 24.8. The highest BCUT2D eigenvalue weighted by molar-refractivity contribution is 7.98. The minimum atomic E-state index is -0.949. The van der Waals surface area contributed by atoms with Gasteiger partial charge in [0.25, 0.3) is 0 Å². The second kappa shape index (κ2) is 15.2. The molecule has 38 heavy (non-hydrogen) atoms. The number of ether oxygens (including phenoxy) is 1. The van der Waals surface area contributed by atoms with Crippen LogP contribution in [0, 0.1) is 6.92 Å². The molecular weight excluding hydrogens is 502 g/mol. The Hall–Kier alpha value is -2.42. The van der Waals surface area contributed by atoms with Gasteiger partial charge in [0.1, 0.15) is 23.4 Å². The van der Waals surface area contributed by atoms with Crippen LogP contribution in [0.3, 0.4) is 0 Å². The summed E-state index contributed by atoms with van der Waals surface area (Å²) in [6.45, 7) is 15.5. The zero-order valence-corrected chi connectivity index (χ0v) is 25.6. The summed E-state index contributed by atoms with van der Waals surface area (Å²) in [5.74, 6) is 0.116. The number of carbonyl (C=O) groups excluding carboxylic acids is 3. The third-order valence-corrected chi connectivity index (χ3v) is 7.12. The van der Waals surface area contributed by atoms with Crippen molar-refractivity contribution in [2.45, 2.75) is 111 Å². The maximum absolute atomic E-state index is 14.3. The molecule has 0 aliphatic heterocycles. The molecule has 0 spiro atoms. The molecule has 216 valence electrons. The summed E-state index contributed by atoms with van der Waals surface area (Å²) in [6, 6.07) is 3.15. The number of alkyl carbamates (subject to hydrolysis) is 1. The minimum Gasteiger partial charge on any atom is -0.508 e. The van der Waals surface area contributed by atoms with Gasteiger partial charge in [0.15, 0.2) is 0 Å². The van der Waals surface area contributed by atoms with Crippen molar-refractivity contribution >= 4 is 29.7 Å². The number of carbonyl (C=O) groups is 3. The Balaban J connectivity index is 3.59. The summed E-state index contributed by atoms with van der Waals surface area (Å²) >= 11 is 1.57. The number of benzene rings is 1. The van der Waals surface area contributed by atoms with E-state index >= 15 is 0 Å². The first-order valence-electron chi connectivity index (χ1n) is 13.6. The first kappa shape index (κ1) is 33.6. The average molecular weight is 552 g/mol. The maximum atomic E-state index is 14.3. The maximum Gasteiger partial charge on any atom is 0.408 e. The number of nitrogens with zero attached hydrogens (tertiary/aromatic N) is 1. The van der Waals surface area contributed by atoms with Gasteiger partial charge in [-0.25, -0.2) is 4.79 Å². The van der Waals surface area contributed by atoms with E-state index in [0.29, 0.717) is 36.3 Å². The van der Waals surface area contributed by atoms with Crippen LogP contribution in [-0.2, 0) is 14.3 Å². The molecule has 0 aromatic heterocycles. The van der Waals surface area contributed by atoms with Gasteiger partial charge in [-0.1, -0.05) is 32.8 Å². The molecule has 0 aliphatic rings. The summed E-state index contributed by atoms with van der Waals surface area (Å²) in [5, 5.41) is 15.9. The Morgan fingerprint density at radius 3 is 2.29 bits per heavy atom. The van der Waals surface area contributed by atoms with Crippen LogP contribution in [0.25, 0.3) is 0 Å². The van der Waals surface area contributed by atoms with Crippen LogP contribution in [0.1, 0.15) is 97.7 Å². The lowest BCUT2D eigenvalue weighted by molar-refractivity contribution is -0.149. The van der Waals surface area contributed by atoms with E-state index in [4.69, 9.17) is 4.74 Å². The lowest BCUT2D eigenvalue weighted by atomic mass is 9.91. The largest absolute Gasteiger partial charge is 0.508 e. The van der Waals surface area contributed by atoms with Gasteiger partial charge in [0.2, 0.25) is 11.8 Å². The summed E-state index contributed by atoms with van der Waals surface area (Å²) in [4.78, 5) is 42.4. The fraction of sp³-hybridized carbons (Fsp3) is 0.690. The predicted molar refractivity (Wildman–Crippen MR) is 155 cm³/mol. The van der Waals surface area contributed by atoms with Crippen molar-refractivity contribution in [3.8, 4) is 5.75 Å². The molecule has 2 unspecified atom stereocenters. The summed E-state index contributed by atoms with van der Waals surface area (Å²) in [6.07, 6.45) is 5.08. The molecular formula is C29H49N3O5S. The standard InChI is InChI=1S/C29H49N3O5S/c1-10-12-13-17-30-25(34)24(21-14-15-23(33)20(3)19-21)32(29(7,8)11-2)26(35)22(16-18-38-9)31-27(36)37-28(4,5)6/h14-15,19,22,24,33H,10-13,16-18H2,1-9H3,(H,30,34)(H,31,36). The molecule has 1 rings (SSSR count). The van der Waals surface area contributed by atoms with Gasteiger partial charge in [-0.2, -0.15) is 11.8 Å². The monoisotopic (exact) mass is 551 g/mol. The highest BCUT2D eigenvalue weighted by Crippen LogP contribution is 2.34. The molecule has 9 heteroatoms. The van der Waals surface area contributed by atoms with Crippen LogP contribution in [0.15, 0.2) is 18.2 Å². The number of aryl methyl sites for hydroxylation is 1. The lowest BCUT2D eigenvalue weighted by Gasteiger charge is -2.44. The van der Waals surface area contributed by atoms with E-state index in [0.717, 1.165) is 19.3 Å². The number of amides is 3. The lowest BCUT2D eigenvalue weighted by Crippen LogP contribution is -2.59. The van der Waals surface area contributed by atoms with E-state index in [2.05, 4.69) is 17.6 Å². The molecule has 1 aromatic carbocycles. The Morgan fingerprint density at radius 1 is 1.11 bits per heavy atom.